The van der Waals surface area contributed by atoms with Gasteiger partial charge in [0.1, 0.15) is 0 Å². The molecular weight excluding hydrogens is 212 g/mol. The standard InChI is InChI=1S/C14H20N2O/c1-10-5-6-12(8-11(10)2)13(15)9-16-7-3-4-14(16)17/h5-6,8,13H,3-4,7,9,15H2,1-2H3. The zero-order valence-corrected chi connectivity index (χ0v) is 10.6. The zero-order valence-electron chi connectivity index (χ0n) is 10.6. The smallest absolute Gasteiger partial charge is 0.222 e. The molecule has 3 nitrogen and oxygen atoms in total. The Labute approximate surface area is 103 Å². The molecule has 0 radical (unpaired) electrons. The van der Waals surface area contributed by atoms with E-state index in [-0.39, 0.29) is 11.9 Å². The maximum Gasteiger partial charge on any atom is 0.222 e. The van der Waals surface area contributed by atoms with Crippen molar-refractivity contribution >= 4 is 5.91 Å². The predicted octanol–water partition coefficient (Wildman–Crippen LogP) is 1.93. The summed E-state index contributed by atoms with van der Waals surface area (Å²) in [4.78, 5) is 13.4. The second-order valence-electron chi connectivity index (χ2n) is 4.89. The van der Waals surface area contributed by atoms with Crippen LogP contribution in [0.2, 0.25) is 0 Å². The van der Waals surface area contributed by atoms with Gasteiger partial charge in [0.15, 0.2) is 0 Å². The van der Waals surface area contributed by atoms with Crippen LogP contribution >= 0.6 is 0 Å². The number of benzene rings is 1. The molecule has 1 atom stereocenters. The van der Waals surface area contributed by atoms with Gasteiger partial charge < -0.3 is 10.6 Å². The summed E-state index contributed by atoms with van der Waals surface area (Å²) in [5, 5.41) is 0. The lowest BCUT2D eigenvalue weighted by Crippen LogP contribution is -2.33. The summed E-state index contributed by atoms with van der Waals surface area (Å²) in [5.74, 6) is 0.240. The molecule has 1 saturated heterocycles. The molecule has 92 valence electrons. The number of nitrogens with zero attached hydrogens (tertiary/aromatic N) is 1. The normalized spacial score (nSPS) is 17.6. The second-order valence-corrected chi connectivity index (χ2v) is 4.89. The number of amides is 1. The van der Waals surface area contributed by atoms with Crippen molar-refractivity contribution in [3.8, 4) is 0 Å². The van der Waals surface area contributed by atoms with Crippen LogP contribution in [-0.4, -0.2) is 23.9 Å². The van der Waals surface area contributed by atoms with Gasteiger partial charge in [0.05, 0.1) is 0 Å². The van der Waals surface area contributed by atoms with Gasteiger partial charge in [-0.1, -0.05) is 18.2 Å². The summed E-state index contributed by atoms with van der Waals surface area (Å²) in [7, 11) is 0. The Balaban J connectivity index is 2.06. The third-order valence-electron chi connectivity index (χ3n) is 3.55. The van der Waals surface area contributed by atoms with Crippen molar-refractivity contribution in [2.24, 2.45) is 5.73 Å². The van der Waals surface area contributed by atoms with Gasteiger partial charge in [0.2, 0.25) is 5.91 Å². The van der Waals surface area contributed by atoms with Crippen molar-refractivity contribution in [3.05, 3.63) is 34.9 Å². The van der Waals surface area contributed by atoms with E-state index in [0.29, 0.717) is 13.0 Å². The Hall–Kier alpha value is -1.35. The van der Waals surface area contributed by atoms with Crippen LogP contribution in [0.1, 0.15) is 35.6 Å². The molecule has 1 fully saturated rings. The summed E-state index contributed by atoms with van der Waals surface area (Å²) in [6.45, 7) is 5.68. The van der Waals surface area contributed by atoms with E-state index in [2.05, 4.69) is 32.0 Å². The lowest BCUT2D eigenvalue weighted by atomic mass is 10.0. The molecule has 0 spiro atoms. The van der Waals surface area contributed by atoms with Crippen molar-refractivity contribution in [3.63, 3.8) is 0 Å². The molecular formula is C14H20N2O. The van der Waals surface area contributed by atoms with E-state index >= 15 is 0 Å². The van der Waals surface area contributed by atoms with Crippen LogP contribution in [0.4, 0.5) is 0 Å². The van der Waals surface area contributed by atoms with Gasteiger partial charge in [-0.25, -0.2) is 0 Å². The van der Waals surface area contributed by atoms with Gasteiger partial charge >= 0.3 is 0 Å². The third kappa shape index (κ3) is 2.67. The van der Waals surface area contributed by atoms with E-state index in [0.717, 1.165) is 18.5 Å². The largest absolute Gasteiger partial charge is 0.341 e. The van der Waals surface area contributed by atoms with Gasteiger partial charge in [-0.15, -0.1) is 0 Å². The average molecular weight is 232 g/mol. The van der Waals surface area contributed by atoms with Crippen molar-refractivity contribution in [2.45, 2.75) is 32.7 Å². The van der Waals surface area contributed by atoms with Crippen LogP contribution in [-0.2, 0) is 4.79 Å². The van der Waals surface area contributed by atoms with E-state index < -0.39 is 0 Å². The van der Waals surface area contributed by atoms with Gasteiger partial charge in [0, 0.05) is 25.6 Å². The highest BCUT2D eigenvalue weighted by atomic mass is 16.2. The Kier molecular flexibility index (Phi) is 3.48. The summed E-state index contributed by atoms with van der Waals surface area (Å²) in [6, 6.07) is 6.21. The third-order valence-corrected chi connectivity index (χ3v) is 3.55. The number of hydrogen-bond donors (Lipinski definition) is 1. The van der Waals surface area contributed by atoms with Crippen molar-refractivity contribution in [2.75, 3.05) is 13.1 Å². The highest BCUT2D eigenvalue weighted by Crippen LogP contribution is 2.19. The predicted molar refractivity (Wildman–Crippen MR) is 68.7 cm³/mol. The lowest BCUT2D eigenvalue weighted by Gasteiger charge is -2.21. The first-order valence-corrected chi connectivity index (χ1v) is 6.18. The molecule has 0 aliphatic carbocycles. The van der Waals surface area contributed by atoms with E-state index in [9.17, 15) is 4.79 Å². The summed E-state index contributed by atoms with van der Waals surface area (Å²) in [6.07, 6.45) is 1.65. The Morgan fingerprint density at radius 3 is 2.71 bits per heavy atom. The Morgan fingerprint density at radius 2 is 2.12 bits per heavy atom. The van der Waals surface area contributed by atoms with E-state index in [1.165, 1.54) is 11.1 Å². The zero-order chi connectivity index (χ0) is 12.4. The van der Waals surface area contributed by atoms with Crippen LogP contribution < -0.4 is 5.73 Å². The molecule has 0 bridgehead atoms. The first-order chi connectivity index (χ1) is 8.08. The first-order valence-electron chi connectivity index (χ1n) is 6.18. The Morgan fingerprint density at radius 1 is 1.35 bits per heavy atom. The van der Waals surface area contributed by atoms with Crippen molar-refractivity contribution < 1.29 is 4.79 Å². The minimum Gasteiger partial charge on any atom is -0.341 e. The number of carbonyl (C=O) groups is 1. The highest BCUT2D eigenvalue weighted by molar-refractivity contribution is 5.78. The molecule has 3 heteroatoms. The highest BCUT2D eigenvalue weighted by Gasteiger charge is 2.22. The molecule has 2 rings (SSSR count). The molecule has 1 unspecified atom stereocenters. The van der Waals surface area contributed by atoms with Gasteiger partial charge in [-0.2, -0.15) is 0 Å². The molecule has 1 aromatic carbocycles. The molecule has 17 heavy (non-hydrogen) atoms. The molecule has 0 aromatic heterocycles. The minimum absolute atomic E-state index is 0.0728. The van der Waals surface area contributed by atoms with E-state index in [4.69, 9.17) is 5.73 Å². The first kappa shape index (κ1) is 12.1. The second kappa shape index (κ2) is 4.88. The molecule has 1 aliphatic rings. The van der Waals surface area contributed by atoms with Crippen molar-refractivity contribution in [1.82, 2.24) is 4.90 Å². The maximum atomic E-state index is 11.5. The average Bonchev–Trinajstić information content (AvgIpc) is 2.68. The van der Waals surface area contributed by atoms with Crippen LogP contribution in [0.25, 0.3) is 0 Å². The molecule has 1 amide bonds. The number of carbonyl (C=O) groups excluding carboxylic acids is 1. The van der Waals surface area contributed by atoms with Crippen molar-refractivity contribution in [1.29, 1.82) is 0 Å². The topological polar surface area (TPSA) is 46.3 Å². The fourth-order valence-electron chi connectivity index (χ4n) is 2.24. The fraction of sp³-hybridized carbons (Fsp3) is 0.500. The molecule has 1 heterocycles. The van der Waals surface area contributed by atoms with E-state index in [1.54, 1.807) is 0 Å². The summed E-state index contributed by atoms with van der Waals surface area (Å²) >= 11 is 0. The lowest BCUT2D eigenvalue weighted by molar-refractivity contribution is -0.127. The number of rotatable bonds is 3. The molecule has 1 aromatic rings. The van der Waals surface area contributed by atoms with Crippen LogP contribution in [0.15, 0.2) is 18.2 Å². The number of hydrogen-bond acceptors (Lipinski definition) is 2. The molecule has 1 aliphatic heterocycles. The van der Waals surface area contributed by atoms with Crippen LogP contribution in [0.3, 0.4) is 0 Å². The van der Waals surface area contributed by atoms with Gasteiger partial charge in [0.25, 0.3) is 0 Å². The maximum absolute atomic E-state index is 11.5. The SMILES string of the molecule is Cc1ccc(C(N)CN2CCCC2=O)cc1C. The number of likely N-dealkylation sites (tertiary alicyclic amines) is 1. The van der Waals surface area contributed by atoms with Gasteiger partial charge in [-0.05, 0) is 37.0 Å². The molecule has 2 N–H and O–H groups in total. The monoisotopic (exact) mass is 232 g/mol. The van der Waals surface area contributed by atoms with Gasteiger partial charge in [-0.3, -0.25) is 4.79 Å². The molecule has 0 saturated carbocycles. The summed E-state index contributed by atoms with van der Waals surface area (Å²) in [5.41, 5.74) is 9.81. The van der Waals surface area contributed by atoms with Crippen LogP contribution in [0, 0.1) is 13.8 Å². The Bertz CT molecular complexity index is 428. The number of aryl methyl sites for hydroxylation is 2. The fourth-order valence-corrected chi connectivity index (χ4v) is 2.24. The summed E-state index contributed by atoms with van der Waals surface area (Å²) < 4.78 is 0. The van der Waals surface area contributed by atoms with E-state index in [1.807, 2.05) is 4.90 Å². The van der Waals surface area contributed by atoms with Crippen LogP contribution in [0.5, 0.6) is 0 Å². The number of nitrogens with two attached hydrogens (primary N) is 1. The minimum atomic E-state index is -0.0728. The quantitative estimate of drug-likeness (QED) is 0.865.